The first-order chi connectivity index (χ1) is 12.1. The molecule has 2 unspecified atom stereocenters. The van der Waals surface area contributed by atoms with Crippen molar-refractivity contribution in [3.8, 4) is 0 Å². The Morgan fingerprint density at radius 3 is 2.72 bits per heavy atom. The quantitative estimate of drug-likeness (QED) is 0.868. The van der Waals surface area contributed by atoms with E-state index in [-0.39, 0.29) is 17.8 Å². The molecule has 0 spiro atoms. The van der Waals surface area contributed by atoms with Crippen LogP contribution in [0.5, 0.6) is 0 Å². The molecule has 0 radical (unpaired) electrons. The summed E-state index contributed by atoms with van der Waals surface area (Å²) >= 11 is 1.39. The first kappa shape index (κ1) is 16.3. The molecule has 7 nitrogen and oxygen atoms in total. The van der Waals surface area contributed by atoms with Crippen LogP contribution in [0.4, 0.5) is 4.39 Å². The fraction of sp³-hybridized carbons (Fsp3) is 0.438. The second-order valence-electron chi connectivity index (χ2n) is 6.00. The molecule has 4 rings (SSSR count). The Hall–Kier alpha value is -2.13. The Bertz CT molecular complexity index is 775. The number of hydrogen-bond acceptors (Lipinski definition) is 6. The van der Waals surface area contributed by atoms with Gasteiger partial charge in [-0.25, -0.2) is 9.07 Å². The summed E-state index contributed by atoms with van der Waals surface area (Å²) < 4.78 is 20.4. The SMILES string of the molecule is Cc1nnc2n1NC(c1ccc(F)cc1)C(C(=O)N1CCOCC1)S2. The second kappa shape index (κ2) is 6.64. The molecule has 132 valence electrons. The fourth-order valence-electron chi connectivity index (χ4n) is 3.03. The van der Waals surface area contributed by atoms with Crippen molar-refractivity contribution in [2.45, 2.75) is 23.4 Å². The van der Waals surface area contributed by atoms with Crippen molar-refractivity contribution < 1.29 is 13.9 Å². The zero-order chi connectivity index (χ0) is 17.4. The molecule has 3 heterocycles. The molecule has 1 aromatic heterocycles. The first-order valence-electron chi connectivity index (χ1n) is 8.11. The van der Waals surface area contributed by atoms with Crippen molar-refractivity contribution >= 4 is 17.7 Å². The third-order valence-corrected chi connectivity index (χ3v) is 5.60. The van der Waals surface area contributed by atoms with E-state index in [1.165, 1.54) is 23.9 Å². The minimum absolute atomic E-state index is 0.0297. The lowest BCUT2D eigenvalue weighted by Crippen LogP contribution is -2.49. The minimum atomic E-state index is -0.403. The van der Waals surface area contributed by atoms with E-state index in [2.05, 4.69) is 15.6 Å². The molecular formula is C16H18FN5O2S. The van der Waals surface area contributed by atoms with Gasteiger partial charge in [0.25, 0.3) is 0 Å². The van der Waals surface area contributed by atoms with Crippen LogP contribution in [0.15, 0.2) is 29.4 Å². The van der Waals surface area contributed by atoms with Crippen LogP contribution in [0.25, 0.3) is 0 Å². The summed E-state index contributed by atoms with van der Waals surface area (Å²) in [7, 11) is 0. The van der Waals surface area contributed by atoms with E-state index < -0.39 is 5.25 Å². The highest BCUT2D eigenvalue weighted by Gasteiger charge is 2.39. The Labute approximate surface area is 148 Å². The van der Waals surface area contributed by atoms with E-state index in [9.17, 15) is 9.18 Å². The highest BCUT2D eigenvalue weighted by molar-refractivity contribution is 8.00. The number of nitrogens with one attached hydrogen (secondary N) is 1. The normalized spacial score (nSPS) is 23.0. The van der Waals surface area contributed by atoms with Gasteiger partial charge in [-0.2, -0.15) is 0 Å². The molecule has 2 aliphatic heterocycles. The number of rotatable bonds is 2. The van der Waals surface area contributed by atoms with Crippen molar-refractivity contribution in [2.75, 3.05) is 31.7 Å². The highest BCUT2D eigenvalue weighted by atomic mass is 32.2. The monoisotopic (exact) mass is 363 g/mol. The van der Waals surface area contributed by atoms with Crippen molar-refractivity contribution in [1.82, 2.24) is 19.8 Å². The maximum Gasteiger partial charge on any atom is 0.238 e. The highest BCUT2D eigenvalue weighted by Crippen LogP contribution is 2.37. The topological polar surface area (TPSA) is 72.3 Å². The van der Waals surface area contributed by atoms with E-state index in [0.717, 1.165) is 5.56 Å². The smallest absolute Gasteiger partial charge is 0.238 e. The molecule has 0 aliphatic carbocycles. The van der Waals surface area contributed by atoms with Gasteiger partial charge in [0, 0.05) is 13.1 Å². The molecule has 1 amide bonds. The zero-order valence-corrected chi connectivity index (χ0v) is 14.5. The Morgan fingerprint density at radius 1 is 1.28 bits per heavy atom. The number of benzene rings is 1. The van der Waals surface area contributed by atoms with E-state index in [1.807, 2.05) is 11.8 Å². The lowest BCUT2D eigenvalue weighted by Gasteiger charge is -2.36. The number of morpholine rings is 1. The number of aromatic nitrogens is 3. The molecule has 25 heavy (non-hydrogen) atoms. The van der Waals surface area contributed by atoms with Gasteiger partial charge in [-0.15, -0.1) is 10.2 Å². The van der Waals surface area contributed by atoms with E-state index in [1.54, 1.807) is 16.8 Å². The standard InChI is InChI=1S/C16H18FN5O2S/c1-10-18-19-16-22(10)20-13(11-2-4-12(17)5-3-11)14(25-16)15(23)21-6-8-24-9-7-21/h2-5,13-14,20H,6-9H2,1H3. The number of thioether (sulfide) groups is 1. The third kappa shape index (κ3) is 3.09. The average Bonchev–Trinajstić information content (AvgIpc) is 3.02. The lowest BCUT2D eigenvalue weighted by atomic mass is 10.0. The van der Waals surface area contributed by atoms with Gasteiger partial charge in [-0.05, 0) is 24.6 Å². The molecule has 0 bridgehead atoms. The van der Waals surface area contributed by atoms with Gasteiger partial charge >= 0.3 is 0 Å². The third-order valence-electron chi connectivity index (χ3n) is 4.39. The molecule has 0 saturated carbocycles. The molecule has 1 fully saturated rings. The Balaban J connectivity index is 1.68. The predicted molar refractivity (Wildman–Crippen MR) is 90.3 cm³/mol. The summed E-state index contributed by atoms with van der Waals surface area (Å²) in [4.78, 5) is 14.9. The maximum atomic E-state index is 13.3. The summed E-state index contributed by atoms with van der Waals surface area (Å²) in [6.07, 6.45) is 0. The molecule has 1 aromatic carbocycles. The first-order valence-corrected chi connectivity index (χ1v) is 8.98. The number of halogens is 1. The predicted octanol–water partition coefficient (Wildman–Crippen LogP) is 1.34. The van der Waals surface area contributed by atoms with Crippen LogP contribution in [0.3, 0.4) is 0 Å². The summed E-state index contributed by atoms with van der Waals surface area (Å²) in [5, 5.41) is 8.46. The van der Waals surface area contributed by atoms with Gasteiger partial charge in [0.1, 0.15) is 16.9 Å². The van der Waals surface area contributed by atoms with Crippen LogP contribution in [0.2, 0.25) is 0 Å². The Morgan fingerprint density at radius 2 is 2.00 bits per heavy atom. The van der Waals surface area contributed by atoms with Crippen molar-refractivity contribution in [3.63, 3.8) is 0 Å². The van der Waals surface area contributed by atoms with Crippen molar-refractivity contribution in [1.29, 1.82) is 0 Å². The maximum absolute atomic E-state index is 13.3. The van der Waals surface area contributed by atoms with Crippen LogP contribution in [-0.2, 0) is 9.53 Å². The number of fused-ring (bicyclic) bond motifs is 1. The molecule has 1 N–H and O–H groups in total. The van der Waals surface area contributed by atoms with E-state index in [0.29, 0.717) is 37.3 Å². The van der Waals surface area contributed by atoms with Gasteiger partial charge in [0.2, 0.25) is 11.1 Å². The summed E-state index contributed by atoms with van der Waals surface area (Å²) in [5.41, 5.74) is 4.17. The van der Waals surface area contributed by atoms with Crippen LogP contribution >= 0.6 is 11.8 Å². The van der Waals surface area contributed by atoms with E-state index in [4.69, 9.17) is 4.74 Å². The van der Waals surface area contributed by atoms with Gasteiger partial charge in [0.15, 0.2) is 0 Å². The van der Waals surface area contributed by atoms with Gasteiger partial charge < -0.3 is 15.1 Å². The van der Waals surface area contributed by atoms with Gasteiger partial charge in [-0.1, -0.05) is 23.9 Å². The minimum Gasteiger partial charge on any atom is -0.378 e. The van der Waals surface area contributed by atoms with Crippen LogP contribution in [0, 0.1) is 12.7 Å². The number of amides is 1. The number of ether oxygens (including phenoxy) is 1. The second-order valence-corrected chi connectivity index (χ2v) is 7.11. The van der Waals surface area contributed by atoms with Crippen LogP contribution in [-0.4, -0.2) is 57.2 Å². The number of carbonyl (C=O) groups is 1. The molecule has 2 aliphatic rings. The van der Waals surface area contributed by atoms with Gasteiger partial charge in [0.05, 0.1) is 19.3 Å². The molecule has 9 heteroatoms. The molecule has 1 saturated heterocycles. The van der Waals surface area contributed by atoms with Crippen LogP contribution in [0.1, 0.15) is 17.4 Å². The van der Waals surface area contributed by atoms with Gasteiger partial charge in [-0.3, -0.25) is 4.79 Å². The number of aryl methyl sites for hydroxylation is 1. The Kier molecular flexibility index (Phi) is 4.34. The van der Waals surface area contributed by atoms with Crippen molar-refractivity contribution in [3.05, 3.63) is 41.5 Å². The number of hydrogen-bond donors (Lipinski definition) is 1. The molecule has 2 aromatic rings. The number of carbonyl (C=O) groups excluding carboxylic acids is 1. The fourth-order valence-corrected chi connectivity index (χ4v) is 4.24. The molecular weight excluding hydrogens is 345 g/mol. The summed E-state index contributed by atoms with van der Waals surface area (Å²) in [6.45, 7) is 4.10. The largest absolute Gasteiger partial charge is 0.378 e. The lowest BCUT2D eigenvalue weighted by molar-refractivity contribution is -0.135. The average molecular weight is 363 g/mol. The molecule has 2 atom stereocenters. The van der Waals surface area contributed by atoms with E-state index >= 15 is 0 Å². The summed E-state index contributed by atoms with van der Waals surface area (Å²) in [6, 6.07) is 5.93. The summed E-state index contributed by atoms with van der Waals surface area (Å²) in [5.74, 6) is 0.443. The number of nitrogens with zero attached hydrogens (tertiary/aromatic N) is 4. The van der Waals surface area contributed by atoms with Crippen molar-refractivity contribution in [2.24, 2.45) is 0 Å². The zero-order valence-electron chi connectivity index (χ0n) is 13.7. The van der Waals surface area contributed by atoms with Crippen LogP contribution < -0.4 is 5.43 Å².